The van der Waals surface area contributed by atoms with Crippen LogP contribution in [0.1, 0.15) is 19.4 Å². The predicted molar refractivity (Wildman–Crippen MR) is 98.9 cm³/mol. The molecular weight excluding hydrogens is 392 g/mol. The molecule has 0 saturated heterocycles. The monoisotopic (exact) mass is 412 g/mol. The fraction of sp³-hybridized carbons (Fsp3) is 0.333. The van der Waals surface area contributed by atoms with Gasteiger partial charge in [0.05, 0.1) is 17.4 Å². The first-order valence-corrected chi connectivity index (χ1v) is 9.85. The van der Waals surface area contributed by atoms with Crippen molar-refractivity contribution in [3.63, 3.8) is 0 Å². The van der Waals surface area contributed by atoms with Crippen LogP contribution in [0.25, 0.3) is 0 Å². The number of rotatable bonds is 9. The maximum absolute atomic E-state index is 11.8. The smallest absolute Gasteiger partial charge is 0.147 e. The van der Waals surface area contributed by atoms with Gasteiger partial charge in [-0.25, -0.2) is 0 Å². The van der Waals surface area contributed by atoms with Gasteiger partial charge in [0.25, 0.3) is 0 Å². The van der Waals surface area contributed by atoms with Gasteiger partial charge in [0.1, 0.15) is 18.3 Å². The number of ether oxygens (including phenoxy) is 3. The molecular formula is C18H21BrO4S. The molecule has 1 unspecified atom stereocenters. The van der Waals surface area contributed by atoms with Crippen LogP contribution in [0.15, 0.2) is 51.8 Å². The Morgan fingerprint density at radius 1 is 1.00 bits per heavy atom. The highest BCUT2D eigenvalue weighted by Gasteiger charge is 2.06. The van der Waals surface area contributed by atoms with E-state index in [4.69, 9.17) is 14.2 Å². The average Bonchev–Trinajstić information content (AvgIpc) is 2.61. The molecule has 0 N–H and O–H groups in total. The minimum absolute atomic E-state index is 0.268. The third kappa shape index (κ3) is 5.70. The zero-order valence-electron chi connectivity index (χ0n) is 13.8. The van der Waals surface area contributed by atoms with E-state index in [1.165, 1.54) is 0 Å². The summed E-state index contributed by atoms with van der Waals surface area (Å²) in [5.41, 5.74) is 0.982. The van der Waals surface area contributed by atoms with Gasteiger partial charge in [-0.15, -0.1) is 0 Å². The second kappa shape index (κ2) is 9.93. The number of benzene rings is 2. The van der Waals surface area contributed by atoms with Crippen LogP contribution in [-0.2, 0) is 26.9 Å². The Kier molecular flexibility index (Phi) is 7.91. The van der Waals surface area contributed by atoms with Crippen LogP contribution in [-0.4, -0.2) is 23.4 Å². The molecule has 2 aromatic rings. The zero-order valence-corrected chi connectivity index (χ0v) is 16.2. The van der Waals surface area contributed by atoms with Gasteiger partial charge in [0.2, 0.25) is 0 Å². The molecule has 1 atom stereocenters. The molecule has 24 heavy (non-hydrogen) atoms. The molecule has 2 rings (SSSR count). The summed E-state index contributed by atoms with van der Waals surface area (Å²) in [7, 11) is -0.948. The van der Waals surface area contributed by atoms with Gasteiger partial charge in [-0.05, 0) is 55.0 Å². The SMILES string of the molecule is CCOCOCc1cc(Oc2ccc(S(=O)CC)cc2)ccc1Br. The van der Waals surface area contributed by atoms with Crippen molar-refractivity contribution in [3.8, 4) is 11.5 Å². The van der Waals surface area contributed by atoms with Crippen LogP contribution in [0.3, 0.4) is 0 Å². The highest BCUT2D eigenvalue weighted by Crippen LogP contribution is 2.27. The fourth-order valence-corrected chi connectivity index (χ4v) is 3.12. The van der Waals surface area contributed by atoms with E-state index in [2.05, 4.69) is 15.9 Å². The Morgan fingerprint density at radius 2 is 1.71 bits per heavy atom. The Balaban J connectivity index is 2.02. The van der Waals surface area contributed by atoms with E-state index >= 15 is 0 Å². The molecule has 4 nitrogen and oxygen atoms in total. The largest absolute Gasteiger partial charge is 0.457 e. The van der Waals surface area contributed by atoms with Crippen molar-refractivity contribution in [2.75, 3.05) is 19.2 Å². The lowest BCUT2D eigenvalue weighted by atomic mass is 10.2. The van der Waals surface area contributed by atoms with E-state index in [0.717, 1.165) is 20.7 Å². The van der Waals surface area contributed by atoms with E-state index in [1.807, 2.05) is 56.3 Å². The lowest BCUT2D eigenvalue weighted by molar-refractivity contribution is -0.0573. The van der Waals surface area contributed by atoms with Gasteiger partial charge in [0, 0.05) is 21.7 Å². The number of hydrogen-bond acceptors (Lipinski definition) is 4. The molecule has 0 radical (unpaired) electrons. The Labute approximate surface area is 153 Å². The molecule has 0 saturated carbocycles. The summed E-state index contributed by atoms with van der Waals surface area (Å²) < 4.78 is 29.2. The van der Waals surface area contributed by atoms with E-state index in [9.17, 15) is 4.21 Å². The summed E-state index contributed by atoms with van der Waals surface area (Å²) in [5, 5.41) is 0. The summed E-state index contributed by atoms with van der Waals surface area (Å²) in [6.07, 6.45) is 0. The van der Waals surface area contributed by atoms with Crippen LogP contribution in [0.2, 0.25) is 0 Å². The normalized spacial score (nSPS) is 12.1. The maximum Gasteiger partial charge on any atom is 0.147 e. The minimum atomic E-state index is -0.948. The van der Waals surface area contributed by atoms with Crippen molar-refractivity contribution in [1.29, 1.82) is 0 Å². The molecule has 0 fully saturated rings. The van der Waals surface area contributed by atoms with Gasteiger partial charge in [0.15, 0.2) is 0 Å². The van der Waals surface area contributed by atoms with Crippen LogP contribution in [0.5, 0.6) is 11.5 Å². The standard InChI is InChI=1S/C18H21BrO4S/c1-3-21-13-22-12-14-11-16(7-10-18(14)19)23-15-5-8-17(9-6-15)24(20)4-2/h5-11H,3-4,12-13H2,1-2H3. The molecule has 0 heterocycles. The zero-order chi connectivity index (χ0) is 17.4. The summed E-state index contributed by atoms with van der Waals surface area (Å²) in [6, 6.07) is 13.1. The quantitative estimate of drug-likeness (QED) is 0.434. The molecule has 130 valence electrons. The molecule has 0 bridgehead atoms. The number of halogens is 1. The Morgan fingerprint density at radius 3 is 2.38 bits per heavy atom. The molecule has 0 amide bonds. The van der Waals surface area contributed by atoms with Crippen molar-refractivity contribution in [2.24, 2.45) is 0 Å². The summed E-state index contributed by atoms with van der Waals surface area (Å²) >= 11 is 3.51. The second-order valence-electron chi connectivity index (χ2n) is 4.92. The van der Waals surface area contributed by atoms with Gasteiger partial charge >= 0.3 is 0 Å². The first kappa shape index (κ1) is 19.1. The minimum Gasteiger partial charge on any atom is -0.457 e. The van der Waals surface area contributed by atoms with Crippen LogP contribution in [0, 0.1) is 0 Å². The molecule has 0 aromatic heterocycles. The van der Waals surface area contributed by atoms with Crippen molar-refractivity contribution in [1.82, 2.24) is 0 Å². The van der Waals surface area contributed by atoms with Crippen molar-refractivity contribution < 1.29 is 18.4 Å². The first-order valence-electron chi connectivity index (χ1n) is 7.74. The molecule has 0 aliphatic heterocycles. The van der Waals surface area contributed by atoms with E-state index in [0.29, 0.717) is 24.7 Å². The fourth-order valence-electron chi connectivity index (χ4n) is 1.98. The van der Waals surface area contributed by atoms with E-state index in [1.54, 1.807) is 0 Å². The maximum atomic E-state index is 11.8. The topological polar surface area (TPSA) is 44.8 Å². The first-order chi connectivity index (χ1) is 11.6. The van der Waals surface area contributed by atoms with Gasteiger partial charge in [-0.3, -0.25) is 4.21 Å². The van der Waals surface area contributed by atoms with Crippen molar-refractivity contribution in [2.45, 2.75) is 25.3 Å². The lowest BCUT2D eigenvalue weighted by Crippen LogP contribution is -2.00. The van der Waals surface area contributed by atoms with Crippen molar-refractivity contribution in [3.05, 3.63) is 52.5 Å². The predicted octanol–water partition coefficient (Wildman–Crippen LogP) is 4.88. The average molecular weight is 413 g/mol. The molecule has 0 aliphatic rings. The Bertz CT molecular complexity index is 673. The molecule has 0 aliphatic carbocycles. The van der Waals surface area contributed by atoms with Crippen LogP contribution in [0.4, 0.5) is 0 Å². The third-order valence-electron chi connectivity index (χ3n) is 3.23. The number of hydrogen-bond donors (Lipinski definition) is 0. The van der Waals surface area contributed by atoms with Gasteiger partial charge < -0.3 is 14.2 Å². The van der Waals surface area contributed by atoms with Gasteiger partial charge in [-0.2, -0.15) is 0 Å². The summed E-state index contributed by atoms with van der Waals surface area (Å²) in [6.45, 7) is 5.16. The summed E-state index contributed by atoms with van der Waals surface area (Å²) in [5.74, 6) is 2.03. The third-order valence-corrected chi connectivity index (χ3v) is 5.33. The molecule has 2 aromatic carbocycles. The highest BCUT2D eigenvalue weighted by atomic mass is 79.9. The Hall–Kier alpha value is -1.21. The summed E-state index contributed by atoms with van der Waals surface area (Å²) in [4.78, 5) is 0.811. The highest BCUT2D eigenvalue weighted by molar-refractivity contribution is 9.10. The second-order valence-corrected chi connectivity index (χ2v) is 7.51. The van der Waals surface area contributed by atoms with E-state index < -0.39 is 10.8 Å². The molecule has 0 spiro atoms. The van der Waals surface area contributed by atoms with Gasteiger partial charge in [-0.1, -0.05) is 22.9 Å². The van der Waals surface area contributed by atoms with Crippen LogP contribution < -0.4 is 4.74 Å². The molecule has 6 heteroatoms. The lowest BCUT2D eigenvalue weighted by Gasteiger charge is -2.10. The van der Waals surface area contributed by atoms with E-state index in [-0.39, 0.29) is 6.79 Å². The van der Waals surface area contributed by atoms with Crippen molar-refractivity contribution >= 4 is 26.7 Å². The van der Waals surface area contributed by atoms with Crippen LogP contribution >= 0.6 is 15.9 Å².